The average Bonchev–Trinajstić information content (AvgIpc) is 3.38. The lowest BCUT2D eigenvalue weighted by Crippen LogP contribution is -2.35. The van der Waals surface area contributed by atoms with Crippen LogP contribution in [-0.2, 0) is 16.1 Å². The van der Waals surface area contributed by atoms with E-state index in [-0.39, 0.29) is 24.3 Å². The number of nitrogens with zero attached hydrogens (tertiary/aromatic N) is 2. The summed E-state index contributed by atoms with van der Waals surface area (Å²) < 4.78 is 11.9. The van der Waals surface area contributed by atoms with Gasteiger partial charge in [0, 0.05) is 18.7 Å². The largest absolute Gasteiger partial charge is 0.489 e. The fraction of sp³-hybridized carbons (Fsp3) is 0.273. The highest BCUT2D eigenvalue weighted by Crippen LogP contribution is 2.33. The minimum absolute atomic E-state index is 0.0354. The first-order valence-corrected chi connectivity index (χ1v) is 11.1. The SMILES string of the molecule is O=C1/C(=C/c2ccc(OCc3cccc([N+](=O)[O-])c3)cc2)SC(=S)N1C[C@H]1CCCO1. The van der Waals surface area contributed by atoms with Gasteiger partial charge in [-0.3, -0.25) is 19.8 Å². The molecule has 2 saturated heterocycles. The first-order chi connectivity index (χ1) is 15.0. The summed E-state index contributed by atoms with van der Waals surface area (Å²) in [4.78, 5) is 25.4. The van der Waals surface area contributed by atoms with Crippen LogP contribution in [0.25, 0.3) is 6.08 Å². The summed E-state index contributed by atoms with van der Waals surface area (Å²) in [6, 6.07) is 13.7. The number of benzene rings is 2. The van der Waals surface area contributed by atoms with Crippen LogP contribution in [0.5, 0.6) is 5.75 Å². The summed E-state index contributed by atoms with van der Waals surface area (Å²) in [7, 11) is 0. The molecule has 31 heavy (non-hydrogen) atoms. The van der Waals surface area contributed by atoms with Gasteiger partial charge < -0.3 is 9.47 Å². The van der Waals surface area contributed by atoms with E-state index < -0.39 is 4.92 Å². The number of thiocarbonyl (C=S) groups is 1. The number of hydrogen-bond acceptors (Lipinski definition) is 7. The van der Waals surface area contributed by atoms with Gasteiger partial charge in [-0.15, -0.1) is 0 Å². The smallest absolute Gasteiger partial charge is 0.269 e. The normalized spacial score (nSPS) is 19.9. The molecule has 0 spiro atoms. The first kappa shape index (κ1) is 21.5. The number of thioether (sulfide) groups is 1. The Morgan fingerprint density at radius 1 is 1.29 bits per heavy atom. The van der Waals surface area contributed by atoms with Crippen molar-refractivity contribution in [2.45, 2.75) is 25.6 Å². The second-order valence-corrected chi connectivity index (χ2v) is 8.89. The van der Waals surface area contributed by atoms with Gasteiger partial charge in [0.2, 0.25) is 0 Å². The van der Waals surface area contributed by atoms with Gasteiger partial charge in [-0.25, -0.2) is 0 Å². The van der Waals surface area contributed by atoms with Crippen LogP contribution < -0.4 is 4.74 Å². The van der Waals surface area contributed by atoms with E-state index in [4.69, 9.17) is 21.7 Å². The first-order valence-electron chi connectivity index (χ1n) is 9.83. The van der Waals surface area contributed by atoms with Crippen molar-refractivity contribution in [1.29, 1.82) is 0 Å². The molecule has 9 heteroatoms. The standard InChI is InChI=1S/C22H20N2O5S2/c25-21-20(31-22(30)23(21)13-19-5-2-10-28-19)12-15-6-8-18(9-7-15)29-14-16-3-1-4-17(11-16)24(26)27/h1,3-4,6-9,11-12,19H,2,5,10,13-14H2/b20-12-/t19-/m1/s1. The van der Waals surface area contributed by atoms with Crippen LogP contribution in [0.1, 0.15) is 24.0 Å². The van der Waals surface area contributed by atoms with Crippen molar-refractivity contribution in [3.05, 3.63) is 74.7 Å². The van der Waals surface area contributed by atoms with Crippen molar-refractivity contribution >= 4 is 46.0 Å². The molecule has 0 saturated carbocycles. The highest BCUT2D eigenvalue weighted by atomic mass is 32.2. The van der Waals surface area contributed by atoms with E-state index in [2.05, 4.69) is 0 Å². The molecule has 7 nitrogen and oxygen atoms in total. The number of amides is 1. The number of ether oxygens (including phenoxy) is 2. The molecular weight excluding hydrogens is 436 g/mol. The van der Waals surface area contributed by atoms with Gasteiger partial charge in [-0.2, -0.15) is 0 Å². The van der Waals surface area contributed by atoms with E-state index in [9.17, 15) is 14.9 Å². The van der Waals surface area contributed by atoms with Crippen molar-refractivity contribution in [2.24, 2.45) is 0 Å². The van der Waals surface area contributed by atoms with Crippen molar-refractivity contribution in [2.75, 3.05) is 13.2 Å². The molecule has 2 aliphatic rings. The Balaban J connectivity index is 1.37. The molecule has 0 aliphatic carbocycles. The lowest BCUT2D eigenvalue weighted by molar-refractivity contribution is -0.384. The Labute approximate surface area is 189 Å². The number of carbonyl (C=O) groups is 1. The molecule has 0 N–H and O–H groups in total. The maximum absolute atomic E-state index is 12.7. The van der Waals surface area contributed by atoms with Gasteiger partial charge in [0.05, 0.1) is 22.5 Å². The molecule has 0 aromatic heterocycles. The molecule has 2 aromatic rings. The Hall–Kier alpha value is -2.75. The molecule has 2 aliphatic heterocycles. The Morgan fingerprint density at radius 3 is 2.81 bits per heavy atom. The Morgan fingerprint density at radius 2 is 2.10 bits per heavy atom. The summed E-state index contributed by atoms with van der Waals surface area (Å²) in [5.41, 5.74) is 1.61. The average molecular weight is 457 g/mol. The van der Waals surface area contributed by atoms with Crippen LogP contribution in [0.15, 0.2) is 53.4 Å². The van der Waals surface area contributed by atoms with Crippen LogP contribution in [-0.4, -0.2) is 39.3 Å². The molecule has 0 unspecified atom stereocenters. The number of nitro benzene ring substituents is 1. The van der Waals surface area contributed by atoms with E-state index >= 15 is 0 Å². The molecule has 1 atom stereocenters. The third-order valence-corrected chi connectivity index (χ3v) is 6.37. The van der Waals surface area contributed by atoms with E-state index in [0.29, 0.717) is 27.1 Å². The highest BCUT2D eigenvalue weighted by molar-refractivity contribution is 8.26. The minimum Gasteiger partial charge on any atom is -0.489 e. The molecule has 160 valence electrons. The molecule has 2 fully saturated rings. The van der Waals surface area contributed by atoms with E-state index in [1.165, 1.54) is 23.9 Å². The molecule has 4 rings (SSSR count). The quantitative estimate of drug-likeness (QED) is 0.262. The number of rotatable bonds is 7. The number of nitro groups is 1. The lowest BCUT2D eigenvalue weighted by Gasteiger charge is -2.18. The summed E-state index contributed by atoms with van der Waals surface area (Å²) in [6.07, 6.45) is 3.85. The number of carbonyl (C=O) groups excluding carboxylic acids is 1. The molecule has 2 aromatic carbocycles. The van der Waals surface area contributed by atoms with Gasteiger partial charge in [-0.05, 0) is 42.2 Å². The van der Waals surface area contributed by atoms with E-state index in [1.807, 2.05) is 18.2 Å². The van der Waals surface area contributed by atoms with Crippen molar-refractivity contribution in [1.82, 2.24) is 4.90 Å². The lowest BCUT2D eigenvalue weighted by atomic mass is 10.2. The minimum atomic E-state index is -0.429. The predicted molar refractivity (Wildman–Crippen MR) is 123 cm³/mol. The van der Waals surface area contributed by atoms with Crippen LogP contribution in [0, 0.1) is 10.1 Å². The van der Waals surface area contributed by atoms with Crippen LogP contribution in [0.4, 0.5) is 5.69 Å². The zero-order valence-corrected chi connectivity index (χ0v) is 18.2. The van der Waals surface area contributed by atoms with Gasteiger partial charge in [0.25, 0.3) is 11.6 Å². The van der Waals surface area contributed by atoms with E-state index in [1.54, 1.807) is 29.2 Å². The Bertz CT molecular complexity index is 1030. The van der Waals surface area contributed by atoms with Gasteiger partial charge >= 0.3 is 0 Å². The van der Waals surface area contributed by atoms with Gasteiger partial charge in [0.1, 0.15) is 16.7 Å². The molecule has 2 heterocycles. The fourth-order valence-corrected chi connectivity index (χ4v) is 4.66. The van der Waals surface area contributed by atoms with Crippen molar-refractivity contribution < 1.29 is 19.2 Å². The van der Waals surface area contributed by atoms with Crippen molar-refractivity contribution in [3.63, 3.8) is 0 Å². The number of non-ortho nitro benzene ring substituents is 1. The van der Waals surface area contributed by atoms with Crippen LogP contribution in [0.3, 0.4) is 0 Å². The van der Waals surface area contributed by atoms with Crippen LogP contribution >= 0.6 is 24.0 Å². The maximum atomic E-state index is 12.7. The molecular formula is C22H20N2O5S2. The highest BCUT2D eigenvalue weighted by Gasteiger charge is 2.34. The van der Waals surface area contributed by atoms with Crippen molar-refractivity contribution in [3.8, 4) is 5.75 Å². The molecule has 1 amide bonds. The predicted octanol–water partition coefficient (Wildman–Crippen LogP) is 4.55. The third kappa shape index (κ3) is 5.30. The number of hydrogen-bond donors (Lipinski definition) is 0. The zero-order chi connectivity index (χ0) is 21.8. The molecule has 0 radical (unpaired) electrons. The zero-order valence-electron chi connectivity index (χ0n) is 16.6. The Kier molecular flexibility index (Phi) is 6.64. The summed E-state index contributed by atoms with van der Waals surface area (Å²) in [6.45, 7) is 1.47. The molecule has 0 bridgehead atoms. The maximum Gasteiger partial charge on any atom is 0.269 e. The van der Waals surface area contributed by atoms with Gasteiger partial charge in [0.15, 0.2) is 0 Å². The topological polar surface area (TPSA) is 81.9 Å². The second kappa shape index (κ2) is 9.59. The summed E-state index contributed by atoms with van der Waals surface area (Å²) >= 11 is 6.68. The fourth-order valence-electron chi connectivity index (χ4n) is 3.39. The third-order valence-electron chi connectivity index (χ3n) is 4.99. The summed E-state index contributed by atoms with van der Waals surface area (Å²) in [5, 5.41) is 10.9. The van der Waals surface area contributed by atoms with Gasteiger partial charge in [-0.1, -0.05) is 48.2 Å². The summed E-state index contributed by atoms with van der Waals surface area (Å²) in [5.74, 6) is 0.547. The van der Waals surface area contributed by atoms with Crippen LogP contribution in [0.2, 0.25) is 0 Å². The van der Waals surface area contributed by atoms with E-state index in [0.717, 1.165) is 25.0 Å². The monoisotopic (exact) mass is 456 g/mol. The second-order valence-electron chi connectivity index (χ2n) is 7.21.